The van der Waals surface area contributed by atoms with Crippen LogP contribution in [0.15, 0.2) is 12.1 Å². The highest BCUT2D eigenvalue weighted by Gasteiger charge is 2.18. The van der Waals surface area contributed by atoms with E-state index in [2.05, 4.69) is 5.32 Å². The second-order valence-electron chi connectivity index (χ2n) is 3.51. The van der Waals surface area contributed by atoms with Gasteiger partial charge in [0.15, 0.2) is 0 Å². The topological polar surface area (TPSA) is 77.1 Å². The third kappa shape index (κ3) is 2.01. The monoisotopic (exact) mass is 209 g/mol. The molecule has 0 aliphatic carbocycles. The Morgan fingerprint density at radius 1 is 1.33 bits per heavy atom. The number of aromatic nitrogens is 1. The average Bonchev–Trinajstić information content (AvgIpc) is 2.60. The summed E-state index contributed by atoms with van der Waals surface area (Å²) in [4.78, 5) is 22.6. The quantitative estimate of drug-likeness (QED) is 0.761. The van der Waals surface area contributed by atoms with Gasteiger partial charge >= 0.3 is 0 Å². The zero-order chi connectivity index (χ0) is 11.6. The molecule has 1 heterocycles. The van der Waals surface area contributed by atoms with Gasteiger partial charge in [-0.25, -0.2) is 0 Å². The van der Waals surface area contributed by atoms with Crippen molar-refractivity contribution < 1.29 is 9.59 Å². The van der Waals surface area contributed by atoms with Crippen LogP contribution in [0, 0.1) is 0 Å². The van der Waals surface area contributed by atoms with E-state index in [1.165, 1.54) is 0 Å². The maximum atomic E-state index is 11.5. The Kier molecular flexibility index (Phi) is 3.14. The van der Waals surface area contributed by atoms with Gasteiger partial charge in [-0.15, -0.1) is 0 Å². The maximum absolute atomic E-state index is 11.5. The lowest BCUT2D eigenvalue weighted by Gasteiger charge is -2.14. The Morgan fingerprint density at radius 2 is 1.87 bits per heavy atom. The van der Waals surface area contributed by atoms with Crippen LogP contribution in [-0.2, 0) is 0 Å². The molecule has 5 nitrogen and oxygen atoms in total. The summed E-state index contributed by atoms with van der Waals surface area (Å²) in [5.41, 5.74) is 6.01. The molecule has 0 fully saturated rings. The van der Waals surface area contributed by atoms with Crippen molar-refractivity contribution in [3.8, 4) is 0 Å². The number of amides is 2. The number of carbonyl (C=O) groups is 2. The molecule has 1 aromatic heterocycles. The van der Waals surface area contributed by atoms with E-state index in [1.807, 2.05) is 13.8 Å². The van der Waals surface area contributed by atoms with E-state index in [1.54, 1.807) is 23.7 Å². The smallest absolute Gasteiger partial charge is 0.267 e. The van der Waals surface area contributed by atoms with Crippen molar-refractivity contribution in [3.05, 3.63) is 23.5 Å². The first-order valence-electron chi connectivity index (χ1n) is 4.72. The summed E-state index contributed by atoms with van der Waals surface area (Å²) in [6.45, 7) is 3.78. The van der Waals surface area contributed by atoms with Gasteiger partial charge in [0.2, 0.25) is 0 Å². The second-order valence-corrected chi connectivity index (χ2v) is 3.51. The summed E-state index contributed by atoms with van der Waals surface area (Å²) in [5.74, 6) is -0.755. The molecule has 3 N–H and O–H groups in total. The number of nitrogens with two attached hydrogens (primary N) is 1. The standard InChI is InChI=1S/C10H15N3O2/c1-6(2)13-7(9(11)14)4-5-8(13)10(15)12-3/h4-6H,1-3H3,(H2,11,14)(H,12,15). The molecule has 0 unspecified atom stereocenters. The summed E-state index contributed by atoms with van der Waals surface area (Å²) < 4.78 is 1.63. The maximum Gasteiger partial charge on any atom is 0.267 e. The number of nitrogens with zero attached hydrogens (tertiary/aromatic N) is 1. The first-order valence-corrected chi connectivity index (χ1v) is 4.72. The van der Waals surface area contributed by atoms with Gasteiger partial charge in [0.05, 0.1) is 0 Å². The fourth-order valence-corrected chi connectivity index (χ4v) is 1.52. The summed E-state index contributed by atoms with van der Waals surface area (Å²) >= 11 is 0. The summed E-state index contributed by atoms with van der Waals surface area (Å²) in [6, 6.07) is 3.17. The van der Waals surface area contributed by atoms with Crippen LogP contribution >= 0.6 is 0 Å². The minimum Gasteiger partial charge on any atom is -0.364 e. The highest BCUT2D eigenvalue weighted by atomic mass is 16.2. The van der Waals surface area contributed by atoms with Crippen molar-refractivity contribution in [3.63, 3.8) is 0 Å². The van der Waals surface area contributed by atoms with E-state index in [0.29, 0.717) is 11.4 Å². The van der Waals surface area contributed by atoms with Crippen molar-refractivity contribution in [2.75, 3.05) is 7.05 Å². The Labute approximate surface area is 88.3 Å². The fourth-order valence-electron chi connectivity index (χ4n) is 1.52. The lowest BCUT2D eigenvalue weighted by atomic mass is 10.3. The predicted octanol–water partition coefficient (Wildman–Crippen LogP) is 0.527. The van der Waals surface area contributed by atoms with E-state index >= 15 is 0 Å². The molecule has 0 saturated carbocycles. The molecule has 2 amide bonds. The van der Waals surface area contributed by atoms with Crippen LogP contribution in [0.3, 0.4) is 0 Å². The van der Waals surface area contributed by atoms with Gasteiger partial charge in [0, 0.05) is 13.1 Å². The van der Waals surface area contributed by atoms with Gasteiger partial charge in [-0.1, -0.05) is 0 Å². The molecular formula is C10H15N3O2. The Bertz CT molecular complexity index is 393. The largest absolute Gasteiger partial charge is 0.364 e. The lowest BCUT2D eigenvalue weighted by Crippen LogP contribution is -2.25. The molecule has 0 atom stereocenters. The zero-order valence-electron chi connectivity index (χ0n) is 9.07. The Balaban J connectivity index is 3.30. The van der Waals surface area contributed by atoms with Crippen LogP contribution < -0.4 is 11.1 Å². The highest BCUT2D eigenvalue weighted by molar-refractivity contribution is 5.97. The molecule has 0 aromatic carbocycles. The van der Waals surface area contributed by atoms with Crippen LogP contribution in [0.2, 0.25) is 0 Å². The minimum absolute atomic E-state index is 0.00907. The third-order valence-electron chi connectivity index (χ3n) is 2.15. The van der Waals surface area contributed by atoms with Crippen molar-refractivity contribution >= 4 is 11.8 Å². The molecule has 82 valence electrons. The number of carbonyl (C=O) groups excluding carboxylic acids is 2. The molecule has 5 heteroatoms. The van der Waals surface area contributed by atoms with Crippen LogP contribution in [-0.4, -0.2) is 23.4 Å². The number of primary amides is 1. The Morgan fingerprint density at radius 3 is 2.27 bits per heavy atom. The predicted molar refractivity (Wildman–Crippen MR) is 56.7 cm³/mol. The molecular weight excluding hydrogens is 194 g/mol. The van der Waals surface area contributed by atoms with E-state index < -0.39 is 5.91 Å². The number of rotatable bonds is 3. The van der Waals surface area contributed by atoms with Gasteiger partial charge < -0.3 is 15.6 Å². The van der Waals surface area contributed by atoms with Gasteiger partial charge in [-0.2, -0.15) is 0 Å². The molecule has 0 radical (unpaired) electrons. The molecule has 0 aliphatic rings. The first-order chi connectivity index (χ1) is 6.99. The summed E-state index contributed by atoms with van der Waals surface area (Å²) in [7, 11) is 1.55. The molecule has 1 aromatic rings. The van der Waals surface area contributed by atoms with E-state index in [-0.39, 0.29) is 11.9 Å². The summed E-state index contributed by atoms with van der Waals surface area (Å²) in [5, 5.41) is 2.52. The van der Waals surface area contributed by atoms with Crippen LogP contribution in [0.5, 0.6) is 0 Å². The van der Waals surface area contributed by atoms with Crippen molar-refractivity contribution in [2.24, 2.45) is 5.73 Å². The average molecular weight is 209 g/mol. The van der Waals surface area contributed by atoms with Crippen LogP contribution in [0.25, 0.3) is 0 Å². The second kappa shape index (κ2) is 4.16. The van der Waals surface area contributed by atoms with Crippen molar-refractivity contribution in [1.29, 1.82) is 0 Å². The normalized spacial score (nSPS) is 10.4. The fraction of sp³-hybridized carbons (Fsp3) is 0.400. The van der Waals surface area contributed by atoms with E-state index in [0.717, 1.165) is 0 Å². The van der Waals surface area contributed by atoms with Gasteiger partial charge in [0.25, 0.3) is 11.8 Å². The molecule has 0 aliphatic heterocycles. The van der Waals surface area contributed by atoms with E-state index in [4.69, 9.17) is 5.73 Å². The number of hydrogen-bond donors (Lipinski definition) is 2. The van der Waals surface area contributed by atoms with Crippen molar-refractivity contribution in [2.45, 2.75) is 19.9 Å². The first kappa shape index (κ1) is 11.3. The van der Waals surface area contributed by atoms with Crippen LogP contribution in [0.1, 0.15) is 40.9 Å². The minimum atomic E-state index is -0.529. The highest BCUT2D eigenvalue weighted by Crippen LogP contribution is 2.15. The van der Waals surface area contributed by atoms with Gasteiger partial charge in [-0.3, -0.25) is 9.59 Å². The summed E-state index contributed by atoms with van der Waals surface area (Å²) in [6.07, 6.45) is 0. The van der Waals surface area contributed by atoms with E-state index in [9.17, 15) is 9.59 Å². The molecule has 0 spiro atoms. The molecule has 15 heavy (non-hydrogen) atoms. The lowest BCUT2D eigenvalue weighted by molar-refractivity contribution is 0.0951. The number of nitrogens with one attached hydrogen (secondary N) is 1. The third-order valence-corrected chi connectivity index (χ3v) is 2.15. The molecule has 0 saturated heterocycles. The number of hydrogen-bond acceptors (Lipinski definition) is 2. The zero-order valence-corrected chi connectivity index (χ0v) is 9.07. The van der Waals surface area contributed by atoms with Crippen molar-refractivity contribution in [1.82, 2.24) is 9.88 Å². The molecule has 1 rings (SSSR count). The SMILES string of the molecule is CNC(=O)c1ccc(C(N)=O)n1C(C)C. The Hall–Kier alpha value is -1.78. The van der Waals surface area contributed by atoms with Gasteiger partial charge in [0.1, 0.15) is 11.4 Å². The van der Waals surface area contributed by atoms with Crippen LogP contribution in [0.4, 0.5) is 0 Å². The van der Waals surface area contributed by atoms with Gasteiger partial charge in [-0.05, 0) is 26.0 Å². The molecule has 0 bridgehead atoms.